The maximum absolute atomic E-state index is 5.56. The summed E-state index contributed by atoms with van der Waals surface area (Å²) >= 11 is 0. The van der Waals surface area contributed by atoms with Crippen molar-refractivity contribution < 1.29 is 9.22 Å². The third kappa shape index (κ3) is 0.789. The normalized spacial score (nSPS) is 37.5. The van der Waals surface area contributed by atoms with E-state index in [1.54, 1.807) is 0 Å². The summed E-state index contributed by atoms with van der Waals surface area (Å²) in [6.45, 7) is 7.20. The van der Waals surface area contributed by atoms with Gasteiger partial charge in [0, 0.05) is 19.8 Å². The molecule has 2 fully saturated rings. The molecule has 0 bridgehead atoms. The van der Waals surface area contributed by atoms with Crippen LogP contribution in [0.5, 0.6) is 0 Å². The van der Waals surface area contributed by atoms with E-state index in [-0.39, 0.29) is 0 Å². The Kier molecular flexibility index (Phi) is 1.46. The van der Waals surface area contributed by atoms with E-state index in [1.807, 2.05) is 0 Å². The van der Waals surface area contributed by atoms with E-state index in [1.165, 1.54) is 37.0 Å². The molecule has 2 aliphatic heterocycles. The number of ether oxygens (including phenoxy) is 1. The second-order valence-electron chi connectivity index (χ2n) is 3.57. The molecular formula is C8H16NO+. The molecule has 0 aromatic rings. The Bertz CT molecular complexity index is 124. The first-order chi connectivity index (χ1) is 4.83. The fourth-order valence-corrected chi connectivity index (χ4v) is 2.30. The lowest BCUT2D eigenvalue weighted by Gasteiger charge is -2.31. The Labute approximate surface area is 62.4 Å². The van der Waals surface area contributed by atoms with E-state index in [4.69, 9.17) is 4.74 Å². The molecule has 1 spiro atoms. The second-order valence-corrected chi connectivity index (χ2v) is 3.57. The number of nitrogens with zero attached hydrogens (tertiary/aromatic N) is 1. The Morgan fingerprint density at radius 2 is 1.90 bits per heavy atom. The first-order valence-electron chi connectivity index (χ1n) is 4.31. The number of hydrogen-bond donors (Lipinski definition) is 0. The smallest absolute Gasteiger partial charge is 0.190 e. The summed E-state index contributed by atoms with van der Waals surface area (Å²) in [5, 5.41) is 0. The highest BCUT2D eigenvalue weighted by Gasteiger charge is 2.41. The molecule has 58 valence electrons. The van der Waals surface area contributed by atoms with Gasteiger partial charge in [0.2, 0.25) is 0 Å². The molecule has 2 heterocycles. The van der Waals surface area contributed by atoms with Crippen LogP contribution in [0.25, 0.3) is 0 Å². The van der Waals surface area contributed by atoms with Crippen LogP contribution in [0.4, 0.5) is 0 Å². The molecule has 0 aromatic carbocycles. The third-order valence-electron chi connectivity index (χ3n) is 3.12. The zero-order chi connectivity index (χ0) is 7.03. The molecule has 0 aromatic heterocycles. The highest BCUT2D eigenvalue weighted by Crippen LogP contribution is 2.27. The minimum Gasteiger partial charge on any atom is -0.324 e. The van der Waals surface area contributed by atoms with Crippen LogP contribution in [-0.2, 0) is 4.74 Å². The van der Waals surface area contributed by atoms with Gasteiger partial charge in [-0.05, 0) is 0 Å². The van der Waals surface area contributed by atoms with Crippen molar-refractivity contribution in [2.24, 2.45) is 0 Å². The van der Waals surface area contributed by atoms with Crippen LogP contribution in [0.15, 0.2) is 0 Å². The number of hydrogen-bond acceptors (Lipinski definition) is 1. The molecule has 2 saturated heterocycles. The summed E-state index contributed by atoms with van der Waals surface area (Å²) in [6.07, 6.45) is 3.31. The summed E-state index contributed by atoms with van der Waals surface area (Å²) in [6, 6.07) is 0. The van der Waals surface area contributed by atoms with Crippen LogP contribution >= 0.6 is 0 Å². The standard InChI is InChI=1S/C8H16NO/c1-8-9(6-7-10-8)4-2-3-5-9/h8H,2-7H2,1H3/q+1. The summed E-state index contributed by atoms with van der Waals surface area (Å²) in [5.74, 6) is 0. The van der Waals surface area contributed by atoms with Gasteiger partial charge < -0.3 is 4.74 Å². The summed E-state index contributed by atoms with van der Waals surface area (Å²) < 4.78 is 6.83. The lowest BCUT2D eigenvalue weighted by molar-refractivity contribution is -0.937. The highest BCUT2D eigenvalue weighted by atomic mass is 16.5. The molecule has 1 atom stereocenters. The zero-order valence-electron chi connectivity index (χ0n) is 6.68. The monoisotopic (exact) mass is 142 g/mol. The van der Waals surface area contributed by atoms with Crippen molar-refractivity contribution in [3.05, 3.63) is 0 Å². The Hall–Kier alpha value is -0.0800. The molecule has 0 radical (unpaired) electrons. The van der Waals surface area contributed by atoms with E-state index in [0.29, 0.717) is 6.23 Å². The van der Waals surface area contributed by atoms with Crippen molar-refractivity contribution in [2.75, 3.05) is 26.2 Å². The van der Waals surface area contributed by atoms with Crippen LogP contribution in [0.3, 0.4) is 0 Å². The van der Waals surface area contributed by atoms with E-state index < -0.39 is 0 Å². The molecule has 0 amide bonds. The van der Waals surface area contributed by atoms with Crippen molar-refractivity contribution in [1.82, 2.24) is 0 Å². The van der Waals surface area contributed by atoms with Crippen LogP contribution < -0.4 is 0 Å². The fourth-order valence-electron chi connectivity index (χ4n) is 2.30. The van der Waals surface area contributed by atoms with E-state index in [9.17, 15) is 0 Å². The topological polar surface area (TPSA) is 9.23 Å². The summed E-state index contributed by atoms with van der Waals surface area (Å²) in [5.41, 5.74) is 0. The largest absolute Gasteiger partial charge is 0.324 e. The maximum Gasteiger partial charge on any atom is 0.190 e. The molecular weight excluding hydrogens is 126 g/mol. The fraction of sp³-hybridized carbons (Fsp3) is 1.00. The molecule has 0 saturated carbocycles. The third-order valence-corrected chi connectivity index (χ3v) is 3.12. The van der Waals surface area contributed by atoms with Crippen molar-refractivity contribution in [3.63, 3.8) is 0 Å². The molecule has 0 aliphatic carbocycles. The molecule has 2 nitrogen and oxygen atoms in total. The SMILES string of the molecule is CC1OCC[N+]12CCCC2. The van der Waals surface area contributed by atoms with Crippen LogP contribution in [0, 0.1) is 0 Å². The minimum atomic E-state index is 0.488. The van der Waals surface area contributed by atoms with Gasteiger partial charge in [-0.25, -0.2) is 0 Å². The van der Waals surface area contributed by atoms with Gasteiger partial charge in [0.1, 0.15) is 13.2 Å². The number of rotatable bonds is 0. The van der Waals surface area contributed by atoms with Gasteiger partial charge >= 0.3 is 0 Å². The Morgan fingerprint density at radius 3 is 2.40 bits per heavy atom. The first-order valence-corrected chi connectivity index (χ1v) is 4.31. The molecule has 0 N–H and O–H groups in total. The molecule has 2 rings (SSSR count). The van der Waals surface area contributed by atoms with Gasteiger partial charge in [-0.1, -0.05) is 0 Å². The quantitative estimate of drug-likeness (QED) is 0.458. The van der Waals surface area contributed by atoms with E-state index >= 15 is 0 Å². The van der Waals surface area contributed by atoms with Crippen LogP contribution in [0.1, 0.15) is 19.8 Å². The zero-order valence-corrected chi connectivity index (χ0v) is 6.68. The molecule has 2 heteroatoms. The van der Waals surface area contributed by atoms with Crippen molar-refractivity contribution in [2.45, 2.75) is 26.0 Å². The van der Waals surface area contributed by atoms with Crippen molar-refractivity contribution in [1.29, 1.82) is 0 Å². The summed E-state index contributed by atoms with van der Waals surface area (Å²) in [4.78, 5) is 0. The molecule has 10 heavy (non-hydrogen) atoms. The Balaban J connectivity index is 2.11. The minimum absolute atomic E-state index is 0.488. The van der Waals surface area contributed by atoms with Gasteiger partial charge in [-0.2, -0.15) is 0 Å². The Morgan fingerprint density at radius 1 is 1.20 bits per heavy atom. The van der Waals surface area contributed by atoms with E-state index in [0.717, 1.165) is 6.61 Å². The molecule has 2 aliphatic rings. The second kappa shape index (κ2) is 2.21. The van der Waals surface area contributed by atoms with E-state index in [2.05, 4.69) is 6.92 Å². The van der Waals surface area contributed by atoms with Gasteiger partial charge in [-0.3, -0.25) is 4.48 Å². The van der Waals surface area contributed by atoms with Crippen molar-refractivity contribution in [3.8, 4) is 0 Å². The lowest BCUT2D eigenvalue weighted by atomic mass is 10.4. The van der Waals surface area contributed by atoms with Crippen molar-refractivity contribution >= 4 is 0 Å². The van der Waals surface area contributed by atoms with Gasteiger partial charge in [0.25, 0.3) is 0 Å². The highest BCUT2D eigenvalue weighted by molar-refractivity contribution is 4.60. The number of quaternary nitrogens is 1. The van der Waals surface area contributed by atoms with Crippen LogP contribution in [-0.4, -0.2) is 37.0 Å². The molecule has 1 unspecified atom stereocenters. The van der Waals surface area contributed by atoms with Crippen LogP contribution in [0.2, 0.25) is 0 Å². The van der Waals surface area contributed by atoms with Gasteiger partial charge in [0.05, 0.1) is 13.1 Å². The average molecular weight is 142 g/mol. The maximum atomic E-state index is 5.56. The predicted octanol–water partition coefficient (Wildman–Crippen LogP) is 0.973. The average Bonchev–Trinajstić information content (AvgIpc) is 2.48. The summed E-state index contributed by atoms with van der Waals surface area (Å²) in [7, 11) is 0. The van der Waals surface area contributed by atoms with Gasteiger partial charge in [0.15, 0.2) is 6.23 Å². The lowest BCUT2D eigenvalue weighted by Crippen LogP contribution is -2.48. The van der Waals surface area contributed by atoms with Gasteiger partial charge in [-0.15, -0.1) is 0 Å². The first kappa shape index (κ1) is 6.62. The predicted molar refractivity (Wildman–Crippen MR) is 39.5 cm³/mol.